The van der Waals surface area contributed by atoms with Gasteiger partial charge in [-0.15, -0.1) is 0 Å². The number of benzene rings is 1. The summed E-state index contributed by atoms with van der Waals surface area (Å²) in [5.41, 5.74) is 0.941. The average molecular weight is 292 g/mol. The Morgan fingerprint density at radius 2 is 2.31 bits per heavy atom. The third-order valence-corrected chi connectivity index (χ3v) is 2.92. The van der Waals surface area contributed by atoms with Gasteiger partial charge in [0.2, 0.25) is 0 Å². The van der Waals surface area contributed by atoms with E-state index in [1.54, 1.807) is 13.2 Å². The van der Waals surface area contributed by atoms with Gasteiger partial charge in [-0.1, -0.05) is 22.0 Å². The number of nitrogens with one attached hydrogen (secondary N) is 1. The number of hydrogen-bond donors (Lipinski definition) is 2. The minimum Gasteiger partial charge on any atom is -0.395 e. The summed E-state index contributed by atoms with van der Waals surface area (Å²) in [6.07, 6.45) is 0. The summed E-state index contributed by atoms with van der Waals surface area (Å²) in [4.78, 5) is 0. The van der Waals surface area contributed by atoms with Crippen molar-refractivity contribution >= 4 is 15.9 Å². The second kappa shape index (κ2) is 6.96. The first kappa shape index (κ1) is 13.6. The molecule has 1 rings (SSSR count). The van der Waals surface area contributed by atoms with Crippen molar-refractivity contribution < 1.29 is 14.2 Å². The second-order valence-electron chi connectivity index (χ2n) is 3.45. The van der Waals surface area contributed by atoms with Crippen LogP contribution in [-0.2, 0) is 11.3 Å². The maximum atomic E-state index is 12.8. The molecule has 3 nitrogen and oxygen atoms in total. The van der Waals surface area contributed by atoms with Crippen molar-refractivity contribution in [3.8, 4) is 0 Å². The van der Waals surface area contributed by atoms with E-state index in [1.807, 2.05) is 0 Å². The molecule has 0 saturated carbocycles. The van der Waals surface area contributed by atoms with Gasteiger partial charge in [-0.05, 0) is 17.7 Å². The Morgan fingerprint density at radius 3 is 2.88 bits per heavy atom. The fourth-order valence-corrected chi connectivity index (χ4v) is 1.79. The number of aliphatic hydroxyl groups is 1. The predicted molar refractivity (Wildman–Crippen MR) is 63.7 cm³/mol. The van der Waals surface area contributed by atoms with E-state index in [4.69, 9.17) is 9.84 Å². The number of methoxy groups -OCH3 is 1. The summed E-state index contributed by atoms with van der Waals surface area (Å²) in [6.45, 7) is 0.997. The molecule has 0 saturated heterocycles. The van der Waals surface area contributed by atoms with Crippen molar-refractivity contribution in [3.05, 3.63) is 34.1 Å². The van der Waals surface area contributed by atoms with Crippen LogP contribution in [0.15, 0.2) is 22.7 Å². The van der Waals surface area contributed by atoms with Crippen molar-refractivity contribution in [2.75, 3.05) is 20.3 Å². The lowest BCUT2D eigenvalue weighted by atomic mass is 10.2. The van der Waals surface area contributed by atoms with E-state index in [2.05, 4.69) is 21.2 Å². The minimum absolute atomic E-state index is 0.00660. The third-order valence-electron chi connectivity index (χ3n) is 2.18. The van der Waals surface area contributed by atoms with Crippen molar-refractivity contribution in [1.82, 2.24) is 5.32 Å². The number of rotatable bonds is 6. The summed E-state index contributed by atoms with van der Waals surface area (Å²) >= 11 is 3.28. The molecule has 0 heterocycles. The molecule has 2 N–H and O–H groups in total. The van der Waals surface area contributed by atoms with Gasteiger partial charge >= 0.3 is 0 Å². The fourth-order valence-electron chi connectivity index (χ4n) is 1.30. The Kier molecular flexibility index (Phi) is 5.90. The Bertz CT molecular complexity index is 336. The van der Waals surface area contributed by atoms with Crippen molar-refractivity contribution in [3.63, 3.8) is 0 Å². The van der Waals surface area contributed by atoms with E-state index in [0.29, 0.717) is 17.6 Å². The van der Waals surface area contributed by atoms with Gasteiger partial charge in [0.25, 0.3) is 0 Å². The Hall–Kier alpha value is -0.490. The van der Waals surface area contributed by atoms with E-state index in [0.717, 1.165) is 5.56 Å². The van der Waals surface area contributed by atoms with Crippen LogP contribution in [0.1, 0.15) is 5.56 Å². The van der Waals surface area contributed by atoms with Gasteiger partial charge < -0.3 is 15.2 Å². The molecule has 0 radical (unpaired) electrons. The van der Waals surface area contributed by atoms with Crippen molar-refractivity contribution in [1.29, 1.82) is 0 Å². The minimum atomic E-state index is -0.272. The van der Waals surface area contributed by atoms with E-state index in [-0.39, 0.29) is 18.5 Å². The number of halogens is 2. The Morgan fingerprint density at radius 1 is 1.56 bits per heavy atom. The third kappa shape index (κ3) is 4.17. The number of hydrogen-bond acceptors (Lipinski definition) is 3. The first-order valence-corrected chi connectivity index (χ1v) is 5.73. The van der Waals surface area contributed by atoms with E-state index < -0.39 is 0 Å². The van der Waals surface area contributed by atoms with Crippen LogP contribution in [0, 0.1) is 5.82 Å². The standard InChI is InChI=1S/C11H15BrFNO2/c1-16-7-10(6-15)14-5-8-2-3-9(13)4-11(8)12/h2-4,10,14-15H,5-7H2,1H3. The smallest absolute Gasteiger partial charge is 0.124 e. The highest BCUT2D eigenvalue weighted by molar-refractivity contribution is 9.10. The first-order valence-electron chi connectivity index (χ1n) is 4.94. The molecule has 0 spiro atoms. The summed E-state index contributed by atoms with van der Waals surface area (Å²) in [7, 11) is 1.58. The maximum Gasteiger partial charge on any atom is 0.124 e. The second-order valence-corrected chi connectivity index (χ2v) is 4.31. The SMILES string of the molecule is COCC(CO)NCc1ccc(F)cc1Br. The van der Waals surface area contributed by atoms with Gasteiger partial charge in [-0.2, -0.15) is 0 Å². The summed E-state index contributed by atoms with van der Waals surface area (Å²) in [6, 6.07) is 4.42. The molecule has 90 valence electrons. The molecule has 0 fully saturated rings. The quantitative estimate of drug-likeness (QED) is 0.838. The lowest BCUT2D eigenvalue weighted by molar-refractivity contribution is 0.128. The van der Waals surface area contributed by atoms with E-state index in [1.165, 1.54) is 12.1 Å². The van der Waals surface area contributed by atoms with E-state index in [9.17, 15) is 4.39 Å². The molecule has 1 aromatic rings. The van der Waals surface area contributed by atoms with Gasteiger partial charge in [0.1, 0.15) is 5.82 Å². The molecule has 1 unspecified atom stereocenters. The van der Waals surface area contributed by atoms with Crippen LogP contribution in [0.4, 0.5) is 4.39 Å². The topological polar surface area (TPSA) is 41.5 Å². The van der Waals surface area contributed by atoms with Gasteiger partial charge in [-0.3, -0.25) is 0 Å². The molecule has 0 bridgehead atoms. The van der Waals surface area contributed by atoms with Gasteiger partial charge in [0.15, 0.2) is 0 Å². The molecule has 0 aliphatic heterocycles. The zero-order valence-electron chi connectivity index (χ0n) is 9.04. The normalized spacial score (nSPS) is 12.8. The molecule has 1 atom stereocenters. The average Bonchev–Trinajstić information content (AvgIpc) is 2.26. The lowest BCUT2D eigenvalue weighted by Gasteiger charge is -2.15. The largest absolute Gasteiger partial charge is 0.395 e. The van der Waals surface area contributed by atoms with Gasteiger partial charge in [-0.25, -0.2) is 4.39 Å². The molecular weight excluding hydrogens is 277 g/mol. The molecule has 5 heteroatoms. The molecule has 0 aliphatic carbocycles. The molecule has 1 aromatic carbocycles. The highest BCUT2D eigenvalue weighted by Gasteiger charge is 2.07. The number of aliphatic hydroxyl groups excluding tert-OH is 1. The van der Waals surface area contributed by atoms with Crippen LogP contribution >= 0.6 is 15.9 Å². The predicted octanol–water partition coefficient (Wildman–Crippen LogP) is 1.69. The zero-order valence-corrected chi connectivity index (χ0v) is 10.6. The zero-order chi connectivity index (χ0) is 12.0. The van der Waals surface area contributed by atoms with Crippen LogP contribution in [0.3, 0.4) is 0 Å². The summed E-state index contributed by atoms with van der Waals surface area (Å²) in [5, 5.41) is 12.2. The molecule has 0 aromatic heterocycles. The molecule has 0 amide bonds. The van der Waals surface area contributed by atoms with Gasteiger partial charge in [0, 0.05) is 18.1 Å². The molecular formula is C11H15BrFNO2. The maximum absolute atomic E-state index is 12.8. The first-order chi connectivity index (χ1) is 7.67. The van der Waals surface area contributed by atoms with Crippen LogP contribution in [0.25, 0.3) is 0 Å². The van der Waals surface area contributed by atoms with Crippen molar-refractivity contribution in [2.45, 2.75) is 12.6 Å². The van der Waals surface area contributed by atoms with E-state index >= 15 is 0 Å². The highest BCUT2D eigenvalue weighted by Crippen LogP contribution is 2.17. The van der Waals surface area contributed by atoms with Crippen LogP contribution in [-0.4, -0.2) is 31.5 Å². The molecule has 0 aliphatic rings. The fraction of sp³-hybridized carbons (Fsp3) is 0.455. The summed E-state index contributed by atoms with van der Waals surface area (Å²) in [5.74, 6) is -0.272. The highest BCUT2D eigenvalue weighted by atomic mass is 79.9. The van der Waals surface area contributed by atoms with Crippen LogP contribution in [0.2, 0.25) is 0 Å². The monoisotopic (exact) mass is 291 g/mol. The summed E-state index contributed by atoms with van der Waals surface area (Å²) < 4.78 is 18.5. The van der Waals surface area contributed by atoms with Crippen molar-refractivity contribution in [2.24, 2.45) is 0 Å². The van der Waals surface area contributed by atoms with Gasteiger partial charge in [0.05, 0.1) is 19.3 Å². The lowest BCUT2D eigenvalue weighted by Crippen LogP contribution is -2.35. The Balaban J connectivity index is 2.53. The number of ether oxygens (including phenoxy) is 1. The van der Waals surface area contributed by atoms with Crippen LogP contribution in [0.5, 0.6) is 0 Å². The van der Waals surface area contributed by atoms with Crippen LogP contribution < -0.4 is 5.32 Å². The molecule has 16 heavy (non-hydrogen) atoms. The Labute approximate surface area is 103 Å².